The van der Waals surface area contributed by atoms with Gasteiger partial charge in [0.15, 0.2) is 0 Å². The van der Waals surface area contributed by atoms with E-state index in [4.69, 9.17) is 0 Å². The average Bonchev–Trinajstić information content (AvgIpc) is 2.72. The van der Waals surface area contributed by atoms with Gasteiger partial charge in [-0.05, 0) is 30.5 Å². The van der Waals surface area contributed by atoms with Crippen molar-refractivity contribution in [3.8, 4) is 0 Å². The maximum atomic E-state index is 12.8. The first kappa shape index (κ1) is 18.2. The third-order valence-corrected chi connectivity index (χ3v) is 4.94. The fraction of sp³-hybridized carbons (Fsp3) is 0.364. The van der Waals surface area contributed by atoms with E-state index in [2.05, 4.69) is 5.32 Å². The number of hydrogen-bond acceptors (Lipinski definition) is 2. The summed E-state index contributed by atoms with van der Waals surface area (Å²) in [5, 5.41) is 2.86. The van der Waals surface area contributed by atoms with E-state index in [9.17, 15) is 9.59 Å². The zero-order valence-corrected chi connectivity index (χ0v) is 15.1. The normalized spacial score (nSPS) is 14.6. The third kappa shape index (κ3) is 4.94. The highest BCUT2D eigenvalue weighted by Gasteiger charge is 2.23. The van der Waals surface area contributed by atoms with Crippen molar-refractivity contribution in [3.05, 3.63) is 66.2 Å². The van der Waals surface area contributed by atoms with Crippen LogP contribution in [0.2, 0.25) is 0 Å². The molecule has 1 N–H and O–H groups in total. The summed E-state index contributed by atoms with van der Waals surface area (Å²) in [6.07, 6.45) is 5.30. The second-order valence-corrected chi connectivity index (χ2v) is 6.85. The molecule has 4 heteroatoms. The fourth-order valence-corrected chi connectivity index (χ4v) is 3.46. The number of para-hydroxylation sites is 1. The molecule has 1 aliphatic carbocycles. The summed E-state index contributed by atoms with van der Waals surface area (Å²) in [6.45, 7) is 0.528. The number of hydrogen-bond donors (Lipinski definition) is 1. The van der Waals surface area contributed by atoms with Crippen LogP contribution < -0.4 is 10.2 Å². The van der Waals surface area contributed by atoms with E-state index in [0.717, 1.165) is 36.9 Å². The first-order chi connectivity index (χ1) is 12.7. The van der Waals surface area contributed by atoms with Gasteiger partial charge in [0.1, 0.15) is 0 Å². The quantitative estimate of drug-likeness (QED) is 0.858. The number of carbonyl (C=O) groups excluding carboxylic acids is 2. The van der Waals surface area contributed by atoms with E-state index in [1.165, 1.54) is 6.42 Å². The van der Waals surface area contributed by atoms with Crippen molar-refractivity contribution in [1.29, 1.82) is 0 Å². The van der Waals surface area contributed by atoms with Crippen molar-refractivity contribution in [1.82, 2.24) is 5.32 Å². The lowest BCUT2D eigenvalue weighted by atomic mass is 9.89. The number of carbonyl (C=O) groups is 2. The molecule has 1 saturated carbocycles. The van der Waals surface area contributed by atoms with Crippen LogP contribution in [0.25, 0.3) is 0 Å². The Morgan fingerprint density at radius 2 is 1.50 bits per heavy atom. The number of amides is 2. The number of nitrogens with one attached hydrogen (secondary N) is 1. The van der Waals surface area contributed by atoms with E-state index in [0.29, 0.717) is 6.54 Å². The van der Waals surface area contributed by atoms with Crippen LogP contribution in [0.15, 0.2) is 60.7 Å². The summed E-state index contributed by atoms with van der Waals surface area (Å²) in [5.41, 5.74) is 1.90. The van der Waals surface area contributed by atoms with Gasteiger partial charge in [0, 0.05) is 11.6 Å². The Hall–Kier alpha value is -2.62. The molecular formula is C22H26N2O2. The first-order valence-electron chi connectivity index (χ1n) is 9.41. The maximum absolute atomic E-state index is 12.8. The number of benzene rings is 2. The van der Waals surface area contributed by atoms with Crippen molar-refractivity contribution >= 4 is 17.5 Å². The molecule has 0 unspecified atom stereocenters. The Morgan fingerprint density at radius 3 is 2.15 bits per heavy atom. The molecule has 0 saturated heterocycles. The van der Waals surface area contributed by atoms with Crippen LogP contribution in [0.1, 0.15) is 37.7 Å². The van der Waals surface area contributed by atoms with Gasteiger partial charge in [0.05, 0.1) is 13.1 Å². The molecule has 0 aliphatic heterocycles. The molecule has 0 bridgehead atoms. The lowest BCUT2D eigenvalue weighted by Gasteiger charge is -2.25. The van der Waals surface area contributed by atoms with Crippen LogP contribution in [0.4, 0.5) is 5.69 Å². The van der Waals surface area contributed by atoms with E-state index < -0.39 is 0 Å². The highest BCUT2D eigenvalue weighted by atomic mass is 16.2. The number of rotatable bonds is 6. The van der Waals surface area contributed by atoms with Gasteiger partial charge in [-0.3, -0.25) is 9.59 Å². The van der Waals surface area contributed by atoms with Gasteiger partial charge in [-0.1, -0.05) is 67.8 Å². The average molecular weight is 350 g/mol. The smallest absolute Gasteiger partial charge is 0.246 e. The van der Waals surface area contributed by atoms with Crippen LogP contribution in [0, 0.1) is 5.92 Å². The van der Waals surface area contributed by atoms with Crippen molar-refractivity contribution in [2.75, 3.05) is 11.4 Å². The van der Waals surface area contributed by atoms with Crippen molar-refractivity contribution in [3.63, 3.8) is 0 Å². The van der Waals surface area contributed by atoms with Crippen LogP contribution in [0.5, 0.6) is 0 Å². The van der Waals surface area contributed by atoms with Gasteiger partial charge < -0.3 is 10.2 Å². The Balaban J connectivity index is 1.65. The largest absolute Gasteiger partial charge is 0.347 e. The predicted molar refractivity (Wildman–Crippen MR) is 104 cm³/mol. The number of anilines is 1. The molecule has 0 radical (unpaired) electrons. The molecule has 4 nitrogen and oxygen atoms in total. The van der Waals surface area contributed by atoms with E-state index in [1.54, 1.807) is 4.90 Å². The van der Waals surface area contributed by atoms with Gasteiger partial charge >= 0.3 is 0 Å². The van der Waals surface area contributed by atoms with E-state index in [1.807, 2.05) is 60.7 Å². The molecular weight excluding hydrogens is 324 g/mol. The molecule has 1 aliphatic rings. The summed E-state index contributed by atoms with van der Waals surface area (Å²) in [6, 6.07) is 19.5. The minimum Gasteiger partial charge on any atom is -0.347 e. The molecule has 0 atom stereocenters. The zero-order chi connectivity index (χ0) is 18.2. The minimum atomic E-state index is -0.0933. The molecule has 2 amide bonds. The van der Waals surface area contributed by atoms with Crippen LogP contribution in [-0.2, 0) is 16.1 Å². The molecule has 136 valence electrons. The van der Waals surface area contributed by atoms with Gasteiger partial charge in [-0.15, -0.1) is 0 Å². The van der Waals surface area contributed by atoms with Crippen molar-refractivity contribution < 1.29 is 9.59 Å². The summed E-state index contributed by atoms with van der Waals surface area (Å²) in [7, 11) is 0. The van der Waals surface area contributed by atoms with Crippen molar-refractivity contribution in [2.24, 2.45) is 5.92 Å². The topological polar surface area (TPSA) is 49.4 Å². The Kier molecular flexibility index (Phi) is 6.42. The zero-order valence-electron chi connectivity index (χ0n) is 15.1. The monoisotopic (exact) mass is 350 g/mol. The van der Waals surface area contributed by atoms with Gasteiger partial charge in [-0.2, -0.15) is 0 Å². The Morgan fingerprint density at radius 1 is 0.885 bits per heavy atom. The van der Waals surface area contributed by atoms with Crippen molar-refractivity contribution in [2.45, 2.75) is 38.6 Å². The molecule has 2 aromatic carbocycles. The fourth-order valence-electron chi connectivity index (χ4n) is 3.46. The van der Waals surface area contributed by atoms with Crippen LogP contribution in [-0.4, -0.2) is 18.4 Å². The number of nitrogens with zero attached hydrogens (tertiary/aromatic N) is 1. The first-order valence-corrected chi connectivity index (χ1v) is 9.41. The second kappa shape index (κ2) is 9.18. The maximum Gasteiger partial charge on any atom is 0.246 e. The summed E-state index contributed by atoms with van der Waals surface area (Å²) >= 11 is 0. The lowest BCUT2D eigenvalue weighted by molar-refractivity contribution is -0.128. The predicted octanol–water partition coefficient (Wildman–Crippen LogP) is 3.92. The molecule has 0 heterocycles. The molecule has 0 spiro atoms. The molecule has 0 aromatic heterocycles. The highest BCUT2D eigenvalue weighted by Crippen LogP contribution is 2.23. The molecule has 2 aromatic rings. The van der Waals surface area contributed by atoms with Crippen LogP contribution >= 0.6 is 0 Å². The van der Waals surface area contributed by atoms with E-state index >= 15 is 0 Å². The summed E-state index contributed by atoms with van der Waals surface area (Å²) < 4.78 is 0. The molecule has 3 rings (SSSR count). The Labute approximate surface area is 155 Å². The highest BCUT2D eigenvalue weighted by molar-refractivity contribution is 5.96. The second-order valence-electron chi connectivity index (χ2n) is 6.85. The van der Waals surface area contributed by atoms with Gasteiger partial charge in [-0.25, -0.2) is 0 Å². The Bertz CT molecular complexity index is 709. The van der Waals surface area contributed by atoms with Crippen LogP contribution in [0.3, 0.4) is 0 Å². The summed E-state index contributed by atoms with van der Waals surface area (Å²) in [5.74, 6) is -0.00849. The van der Waals surface area contributed by atoms with Gasteiger partial charge in [0.2, 0.25) is 11.8 Å². The third-order valence-electron chi connectivity index (χ3n) is 4.94. The molecule has 26 heavy (non-hydrogen) atoms. The standard InChI is InChI=1S/C22H26N2O2/c25-21(16-23-22(26)19-12-6-2-7-13-19)24(20-14-8-3-9-15-20)17-18-10-4-1-5-11-18/h1,3-5,8-11,14-15,19H,2,6-7,12-13,16-17H2,(H,23,26). The van der Waals surface area contributed by atoms with E-state index in [-0.39, 0.29) is 24.3 Å². The lowest BCUT2D eigenvalue weighted by Crippen LogP contribution is -2.42. The minimum absolute atomic E-state index is 0.0192. The van der Waals surface area contributed by atoms with Gasteiger partial charge in [0.25, 0.3) is 0 Å². The molecule has 1 fully saturated rings. The summed E-state index contributed by atoms with van der Waals surface area (Å²) in [4.78, 5) is 26.9. The SMILES string of the molecule is O=C(NCC(=O)N(Cc1ccccc1)c1ccccc1)C1CCCCC1.